The quantitative estimate of drug-likeness (QED) is 0.853. The van der Waals surface area contributed by atoms with Gasteiger partial charge < -0.3 is 10.0 Å². The normalized spacial score (nSPS) is 16.4. The third-order valence-corrected chi connectivity index (χ3v) is 4.23. The molecular weight excluding hydrogens is 341 g/mol. The summed E-state index contributed by atoms with van der Waals surface area (Å²) in [5, 5.41) is 8.95. The molecule has 1 saturated heterocycles. The van der Waals surface area contributed by atoms with E-state index in [4.69, 9.17) is 5.11 Å². The standard InChI is InChI=1S/C14H13BrFN3O2/c15-9-5-10(16)13-11(6-9)18-12(7-17-13)8-1-3-19(4-2-8)14(20)21/h5-8H,1-4H2,(H,20,21). The summed E-state index contributed by atoms with van der Waals surface area (Å²) in [7, 11) is 0. The molecular formula is C14H13BrFN3O2. The molecule has 1 amide bonds. The second kappa shape index (κ2) is 5.55. The van der Waals surface area contributed by atoms with Crippen LogP contribution in [0.5, 0.6) is 0 Å². The number of carbonyl (C=O) groups is 1. The Morgan fingerprint density at radius 3 is 2.76 bits per heavy atom. The first-order valence-corrected chi connectivity index (χ1v) is 7.43. The highest BCUT2D eigenvalue weighted by Crippen LogP contribution is 2.28. The number of piperidine rings is 1. The van der Waals surface area contributed by atoms with Crippen LogP contribution in [-0.4, -0.2) is 39.2 Å². The van der Waals surface area contributed by atoms with Crippen LogP contribution in [0.4, 0.5) is 9.18 Å². The zero-order chi connectivity index (χ0) is 15.0. The van der Waals surface area contributed by atoms with Gasteiger partial charge in [-0.2, -0.15) is 0 Å². The number of rotatable bonds is 1. The van der Waals surface area contributed by atoms with Crippen LogP contribution in [0.3, 0.4) is 0 Å². The molecule has 1 N–H and O–H groups in total. The predicted molar refractivity (Wildman–Crippen MR) is 78.8 cm³/mol. The molecule has 1 aromatic carbocycles. The Hall–Kier alpha value is -1.76. The molecule has 1 aromatic heterocycles. The number of hydrogen-bond donors (Lipinski definition) is 1. The topological polar surface area (TPSA) is 66.3 Å². The molecule has 1 aliphatic rings. The van der Waals surface area contributed by atoms with Gasteiger partial charge in [0, 0.05) is 29.7 Å². The van der Waals surface area contributed by atoms with Crippen molar-refractivity contribution in [3.05, 3.63) is 34.3 Å². The molecule has 0 atom stereocenters. The monoisotopic (exact) mass is 353 g/mol. The number of halogens is 2. The van der Waals surface area contributed by atoms with E-state index in [-0.39, 0.29) is 11.4 Å². The van der Waals surface area contributed by atoms with Gasteiger partial charge in [-0.1, -0.05) is 15.9 Å². The van der Waals surface area contributed by atoms with Gasteiger partial charge in [0.25, 0.3) is 0 Å². The summed E-state index contributed by atoms with van der Waals surface area (Å²) < 4.78 is 14.4. The van der Waals surface area contributed by atoms with Gasteiger partial charge >= 0.3 is 6.09 Å². The summed E-state index contributed by atoms with van der Waals surface area (Å²) in [6.45, 7) is 0.985. The fourth-order valence-corrected chi connectivity index (χ4v) is 3.05. The average Bonchev–Trinajstić information content (AvgIpc) is 2.46. The predicted octanol–water partition coefficient (Wildman–Crippen LogP) is 3.39. The zero-order valence-corrected chi connectivity index (χ0v) is 12.7. The number of aromatic nitrogens is 2. The lowest BCUT2D eigenvalue weighted by Gasteiger charge is -2.29. The van der Waals surface area contributed by atoms with Gasteiger partial charge in [-0.25, -0.2) is 19.2 Å². The molecule has 2 aromatic rings. The summed E-state index contributed by atoms with van der Waals surface area (Å²) in [6.07, 6.45) is 2.14. The number of nitrogens with zero attached hydrogens (tertiary/aromatic N) is 3. The Labute approximate surface area is 128 Å². The minimum absolute atomic E-state index is 0.166. The number of carboxylic acid groups (broad SMARTS) is 1. The van der Waals surface area contributed by atoms with Crippen LogP contribution in [0.1, 0.15) is 24.5 Å². The maximum Gasteiger partial charge on any atom is 0.407 e. The van der Waals surface area contributed by atoms with Crippen molar-refractivity contribution in [1.82, 2.24) is 14.9 Å². The van der Waals surface area contributed by atoms with E-state index in [0.29, 0.717) is 35.9 Å². The summed E-state index contributed by atoms with van der Waals surface area (Å²) in [4.78, 5) is 21.0. The lowest BCUT2D eigenvalue weighted by molar-refractivity contribution is 0.131. The third-order valence-electron chi connectivity index (χ3n) is 3.77. The van der Waals surface area contributed by atoms with Gasteiger partial charge in [0.2, 0.25) is 0 Å². The van der Waals surface area contributed by atoms with Crippen LogP contribution in [-0.2, 0) is 0 Å². The second-order valence-corrected chi connectivity index (χ2v) is 6.01. The molecule has 2 heterocycles. The molecule has 0 bridgehead atoms. The molecule has 1 aliphatic heterocycles. The molecule has 1 fully saturated rings. The van der Waals surface area contributed by atoms with E-state index in [0.717, 1.165) is 5.69 Å². The van der Waals surface area contributed by atoms with Crippen molar-refractivity contribution in [3.63, 3.8) is 0 Å². The molecule has 21 heavy (non-hydrogen) atoms. The third kappa shape index (κ3) is 2.83. The highest BCUT2D eigenvalue weighted by atomic mass is 79.9. The van der Waals surface area contributed by atoms with Crippen molar-refractivity contribution in [1.29, 1.82) is 0 Å². The highest BCUT2D eigenvalue weighted by molar-refractivity contribution is 9.10. The molecule has 110 valence electrons. The number of fused-ring (bicyclic) bond motifs is 1. The molecule has 0 spiro atoms. The highest BCUT2D eigenvalue weighted by Gasteiger charge is 2.24. The van der Waals surface area contributed by atoms with E-state index in [1.807, 2.05) is 0 Å². The summed E-state index contributed by atoms with van der Waals surface area (Å²) >= 11 is 3.25. The molecule has 0 aliphatic carbocycles. The van der Waals surface area contributed by atoms with Crippen molar-refractivity contribution in [3.8, 4) is 0 Å². The van der Waals surface area contributed by atoms with E-state index in [1.165, 1.54) is 11.0 Å². The van der Waals surface area contributed by atoms with Crippen molar-refractivity contribution < 1.29 is 14.3 Å². The fraction of sp³-hybridized carbons (Fsp3) is 0.357. The first-order chi connectivity index (χ1) is 10.0. The van der Waals surface area contributed by atoms with E-state index < -0.39 is 11.9 Å². The SMILES string of the molecule is O=C(O)N1CCC(c2cnc3c(F)cc(Br)cc3n2)CC1. The van der Waals surface area contributed by atoms with E-state index in [2.05, 4.69) is 25.9 Å². The van der Waals surface area contributed by atoms with Crippen LogP contribution in [0.25, 0.3) is 11.0 Å². The number of amides is 1. The van der Waals surface area contributed by atoms with Crippen molar-refractivity contribution in [2.75, 3.05) is 13.1 Å². The van der Waals surface area contributed by atoms with Gasteiger partial charge in [-0.3, -0.25) is 0 Å². The number of benzene rings is 1. The van der Waals surface area contributed by atoms with Crippen molar-refractivity contribution in [2.24, 2.45) is 0 Å². The van der Waals surface area contributed by atoms with Crippen LogP contribution in [0.15, 0.2) is 22.8 Å². The zero-order valence-electron chi connectivity index (χ0n) is 11.1. The Morgan fingerprint density at radius 2 is 2.10 bits per heavy atom. The maximum absolute atomic E-state index is 13.8. The van der Waals surface area contributed by atoms with Gasteiger partial charge in [0.05, 0.1) is 11.2 Å². The summed E-state index contributed by atoms with van der Waals surface area (Å²) in [5.41, 5.74) is 1.56. The van der Waals surface area contributed by atoms with Crippen molar-refractivity contribution >= 4 is 33.1 Å². The van der Waals surface area contributed by atoms with Gasteiger partial charge in [0.15, 0.2) is 5.82 Å². The summed E-state index contributed by atoms with van der Waals surface area (Å²) in [6, 6.07) is 3.10. The molecule has 0 saturated carbocycles. The maximum atomic E-state index is 13.8. The second-order valence-electron chi connectivity index (χ2n) is 5.09. The Bertz CT molecular complexity index is 702. The first-order valence-electron chi connectivity index (χ1n) is 6.64. The molecule has 0 unspecified atom stereocenters. The first kappa shape index (κ1) is 14.2. The van der Waals surface area contributed by atoms with E-state index in [1.54, 1.807) is 12.3 Å². The number of hydrogen-bond acceptors (Lipinski definition) is 3. The molecule has 7 heteroatoms. The molecule has 3 rings (SSSR count). The Kier molecular flexibility index (Phi) is 3.75. The minimum Gasteiger partial charge on any atom is -0.465 e. The lowest BCUT2D eigenvalue weighted by atomic mass is 9.94. The van der Waals surface area contributed by atoms with Crippen molar-refractivity contribution in [2.45, 2.75) is 18.8 Å². The van der Waals surface area contributed by atoms with Crippen LogP contribution >= 0.6 is 15.9 Å². The van der Waals surface area contributed by atoms with Gasteiger partial charge in [0.1, 0.15) is 5.52 Å². The minimum atomic E-state index is -0.885. The lowest BCUT2D eigenvalue weighted by Crippen LogP contribution is -2.37. The van der Waals surface area contributed by atoms with Crippen LogP contribution in [0.2, 0.25) is 0 Å². The van der Waals surface area contributed by atoms with Gasteiger partial charge in [-0.05, 0) is 25.0 Å². The van der Waals surface area contributed by atoms with Crippen LogP contribution in [0, 0.1) is 5.82 Å². The van der Waals surface area contributed by atoms with Crippen LogP contribution < -0.4 is 0 Å². The number of likely N-dealkylation sites (tertiary alicyclic amines) is 1. The largest absolute Gasteiger partial charge is 0.465 e. The summed E-state index contributed by atoms with van der Waals surface area (Å²) in [5.74, 6) is -0.237. The van der Waals surface area contributed by atoms with E-state index in [9.17, 15) is 9.18 Å². The Balaban J connectivity index is 1.87. The Morgan fingerprint density at radius 1 is 1.38 bits per heavy atom. The van der Waals surface area contributed by atoms with Gasteiger partial charge in [-0.15, -0.1) is 0 Å². The van der Waals surface area contributed by atoms with E-state index >= 15 is 0 Å². The molecule has 5 nitrogen and oxygen atoms in total. The average molecular weight is 354 g/mol. The fourth-order valence-electron chi connectivity index (χ4n) is 2.63. The molecule has 0 radical (unpaired) electrons. The smallest absolute Gasteiger partial charge is 0.407 e.